The molecule has 2 aromatic carbocycles. The third kappa shape index (κ3) is 5.12. The molecule has 0 spiro atoms. The number of carbonyl (C=O) groups excluding carboxylic acids is 4. The summed E-state index contributed by atoms with van der Waals surface area (Å²) in [5, 5.41) is 6.19. The van der Waals surface area contributed by atoms with Gasteiger partial charge in [0.05, 0.1) is 16.9 Å². The van der Waals surface area contributed by atoms with Gasteiger partial charge in [0, 0.05) is 17.4 Å². The largest absolute Gasteiger partial charge is 0.292 e. The van der Waals surface area contributed by atoms with Gasteiger partial charge in [-0.2, -0.15) is 0 Å². The molecule has 4 N–H and O–H groups in total. The van der Waals surface area contributed by atoms with Gasteiger partial charge in [0.2, 0.25) is 11.8 Å². The van der Waals surface area contributed by atoms with Gasteiger partial charge in [-0.25, -0.2) is 5.84 Å². The third-order valence-corrected chi connectivity index (χ3v) is 6.41. The molecule has 2 fully saturated rings. The van der Waals surface area contributed by atoms with E-state index in [2.05, 4.69) is 16.7 Å². The SMILES string of the molecule is NN(c1cccc(C(=O)NC(=O)C2CCC2)c1)c1cc[c]cc1C(=O)NC(=O)C1CCCC1. The first-order valence-corrected chi connectivity index (χ1v) is 11.3. The summed E-state index contributed by atoms with van der Waals surface area (Å²) in [5.74, 6) is 4.50. The van der Waals surface area contributed by atoms with Crippen LogP contribution < -0.4 is 21.5 Å². The Morgan fingerprint density at radius 1 is 0.879 bits per heavy atom. The molecule has 4 rings (SSSR count). The van der Waals surface area contributed by atoms with E-state index in [1.807, 2.05) is 0 Å². The number of rotatable bonds is 6. The van der Waals surface area contributed by atoms with Gasteiger partial charge < -0.3 is 0 Å². The van der Waals surface area contributed by atoms with Crippen LogP contribution in [0.4, 0.5) is 11.4 Å². The van der Waals surface area contributed by atoms with Crippen molar-refractivity contribution in [3.8, 4) is 0 Å². The molecule has 33 heavy (non-hydrogen) atoms. The first-order chi connectivity index (χ1) is 15.9. The average molecular weight is 448 g/mol. The molecule has 2 aromatic rings. The van der Waals surface area contributed by atoms with Crippen molar-refractivity contribution in [1.82, 2.24) is 10.6 Å². The van der Waals surface area contributed by atoms with Gasteiger partial charge in [0.25, 0.3) is 11.8 Å². The highest BCUT2D eigenvalue weighted by Crippen LogP contribution is 2.28. The molecule has 0 saturated heterocycles. The molecule has 2 aliphatic rings. The highest BCUT2D eigenvalue weighted by molar-refractivity contribution is 6.09. The van der Waals surface area contributed by atoms with Crippen LogP contribution in [0.15, 0.2) is 42.5 Å². The van der Waals surface area contributed by atoms with E-state index in [0.717, 1.165) is 44.9 Å². The van der Waals surface area contributed by atoms with Crippen molar-refractivity contribution >= 4 is 35.0 Å². The summed E-state index contributed by atoms with van der Waals surface area (Å²) in [7, 11) is 0. The van der Waals surface area contributed by atoms with Crippen molar-refractivity contribution in [2.75, 3.05) is 5.01 Å². The molecule has 0 heterocycles. The van der Waals surface area contributed by atoms with Crippen molar-refractivity contribution in [2.24, 2.45) is 17.7 Å². The van der Waals surface area contributed by atoms with Gasteiger partial charge in [-0.1, -0.05) is 31.4 Å². The van der Waals surface area contributed by atoms with Crippen LogP contribution in [0.3, 0.4) is 0 Å². The van der Waals surface area contributed by atoms with E-state index in [4.69, 9.17) is 5.84 Å². The molecule has 0 aromatic heterocycles. The fourth-order valence-electron chi connectivity index (χ4n) is 4.18. The molecule has 2 aliphatic carbocycles. The Labute approximate surface area is 192 Å². The lowest BCUT2D eigenvalue weighted by molar-refractivity contribution is -0.126. The van der Waals surface area contributed by atoms with Crippen LogP contribution in [0.5, 0.6) is 0 Å². The fourth-order valence-corrected chi connectivity index (χ4v) is 4.18. The predicted octanol–water partition coefficient (Wildman–Crippen LogP) is 3.00. The minimum absolute atomic E-state index is 0.100. The maximum Gasteiger partial charge on any atom is 0.260 e. The van der Waals surface area contributed by atoms with Crippen LogP contribution >= 0.6 is 0 Å². The van der Waals surface area contributed by atoms with Crippen LogP contribution in [0.1, 0.15) is 65.7 Å². The van der Waals surface area contributed by atoms with Gasteiger partial charge in [-0.15, -0.1) is 0 Å². The van der Waals surface area contributed by atoms with E-state index >= 15 is 0 Å². The molecule has 4 amide bonds. The van der Waals surface area contributed by atoms with Crippen molar-refractivity contribution in [1.29, 1.82) is 0 Å². The summed E-state index contributed by atoms with van der Waals surface area (Å²) in [6.45, 7) is 0. The Hall–Kier alpha value is -3.52. The number of hydrogen-bond donors (Lipinski definition) is 3. The molecule has 171 valence electrons. The summed E-state index contributed by atoms with van der Waals surface area (Å²) in [6, 6.07) is 14.0. The van der Waals surface area contributed by atoms with E-state index in [-0.39, 0.29) is 34.8 Å². The van der Waals surface area contributed by atoms with Gasteiger partial charge in [-0.05, 0) is 62.1 Å². The van der Waals surface area contributed by atoms with Crippen LogP contribution in [-0.2, 0) is 9.59 Å². The highest BCUT2D eigenvalue weighted by atomic mass is 16.2. The van der Waals surface area contributed by atoms with E-state index in [1.165, 1.54) is 11.1 Å². The van der Waals surface area contributed by atoms with Crippen molar-refractivity contribution in [3.63, 3.8) is 0 Å². The molecule has 0 bridgehead atoms. The topological polar surface area (TPSA) is 122 Å². The standard InChI is InChI=1S/C25H27N4O4/c26-29(19-12-6-11-18(15-19)24(32)27-22(30)17-9-5-10-17)21-14-4-3-13-20(21)25(33)28-23(31)16-7-1-2-8-16/h4,6,11-17H,1-2,5,7-10,26H2,(H,27,30,32)(H,28,31,33). The number of anilines is 2. The maximum atomic E-state index is 12.8. The molecular formula is C25H27N4O4. The normalized spacial score (nSPS) is 16.0. The first kappa shape index (κ1) is 22.7. The molecule has 0 aliphatic heterocycles. The molecule has 8 nitrogen and oxygen atoms in total. The molecular weight excluding hydrogens is 420 g/mol. The van der Waals surface area contributed by atoms with E-state index in [1.54, 1.807) is 36.4 Å². The molecule has 0 unspecified atom stereocenters. The second-order valence-electron chi connectivity index (χ2n) is 8.61. The number of nitrogens with one attached hydrogen (secondary N) is 2. The minimum Gasteiger partial charge on any atom is -0.292 e. The highest BCUT2D eigenvalue weighted by Gasteiger charge is 2.27. The second-order valence-corrected chi connectivity index (χ2v) is 8.61. The van der Waals surface area contributed by atoms with E-state index in [0.29, 0.717) is 11.4 Å². The van der Waals surface area contributed by atoms with Crippen LogP contribution in [0.2, 0.25) is 0 Å². The summed E-state index contributed by atoms with van der Waals surface area (Å²) in [5.41, 5.74) is 1.27. The van der Waals surface area contributed by atoms with E-state index in [9.17, 15) is 19.2 Å². The van der Waals surface area contributed by atoms with E-state index < -0.39 is 11.8 Å². The second kappa shape index (κ2) is 9.95. The zero-order valence-corrected chi connectivity index (χ0v) is 18.3. The Morgan fingerprint density at radius 3 is 2.15 bits per heavy atom. The molecule has 0 atom stereocenters. The minimum atomic E-state index is -0.547. The van der Waals surface area contributed by atoms with Crippen LogP contribution in [-0.4, -0.2) is 23.6 Å². The number of hydrazine groups is 1. The monoisotopic (exact) mass is 447 g/mol. The number of nitrogens with two attached hydrogens (primary N) is 1. The smallest absolute Gasteiger partial charge is 0.260 e. The Bertz CT molecular complexity index is 1070. The maximum absolute atomic E-state index is 12.8. The summed E-state index contributed by atoms with van der Waals surface area (Å²) >= 11 is 0. The third-order valence-electron chi connectivity index (χ3n) is 6.41. The molecule has 1 radical (unpaired) electrons. The summed E-state index contributed by atoms with van der Waals surface area (Å²) < 4.78 is 0. The lowest BCUT2D eigenvalue weighted by Crippen LogP contribution is -2.38. The van der Waals surface area contributed by atoms with Crippen LogP contribution in [0, 0.1) is 17.9 Å². The fraction of sp³-hybridized carbons (Fsp3) is 0.360. The summed E-state index contributed by atoms with van der Waals surface area (Å²) in [6.07, 6.45) is 6.15. The molecule has 8 heteroatoms. The number of hydrogen-bond acceptors (Lipinski definition) is 6. The average Bonchev–Trinajstić information content (AvgIpc) is 3.32. The predicted molar refractivity (Wildman–Crippen MR) is 122 cm³/mol. The van der Waals surface area contributed by atoms with Crippen molar-refractivity contribution in [3.05, 3.63) is 59.7 Å². The zero-order valence-electron chi connectivity index (χ0n) is 18.3. The van der Waals surface area contributed by atoms with Crippen molar-refractivity contribution in [2.45, 2.75) is 44.9 Å². The zero-order chi connectivity index (χ0) is 23.4. The quantitative estimate of drug-likeness (QED) is 0.356. The molecule has 2 saturated carbocycles. The summed E-state index contributed by atoms with van der Waals surface area (Å²) in [4.78, 5) is 49.9. The number of carbonyl (C=O) groups is 4. The number of nitrogens with zero attached hydrogens (tertiary/aromatic N) is 1. The van der Waals surface area contributed by atoms with Crippen molar-refractivity contribution < 1.29 is 19.2 Å². The Balaban J connectivity index is 1.50. The van der Waals surface area contributed by atoms with Crippen LogP contribution in [0.25, 0.3) is 0 Å². The number of imide groups is 2. The Morgan fingerprint density at radius 2 is 1.52 bits per heavy atom. The Kier molecular flexibility index (Phi) is 6.84. The number of benzene rings is 2. The number of amides is 4. The lowest BCUT2D eigenvalue weighted by Gasteiger charge is -2.24. The van der Waals surface area contributed by atoms with Gasteiger partial charge in [0.1, 0.15) is 0 Å². The van der Waals surface area contributed by atoms with Gasteiger partial charge >= 0.3 is 0 Å². The van der Waals surface area contributed by atoms with Gasteiger partial charge in [-0.3, -0.25) is 34.8 Å². The first-order valence-electron chi connectivity index (χ1n) is 11.3. The van der Waals surface area contributed by atoms with Gasteiger partial charge in [0.15, 0.2) is 0 Å². The lowest BCUT2D eigenvalue weighted by atomic mass is 9.85.